The molecule has 0 radical (unpaired) electrons. The van der Waals surface area contributed by atoms with E-state index in [2.05, 4.69) is 0 Å². The molecule has 5 nitrogen and oxygen atoms in total. The average Bonchev–Trinajstić information content (AvgIpc) is 2.66. The Hall–Kier alpha value is -1.26. The van der Waals surface area contributed by atoms with Crippen molar-refractivity contribution in [1.82, 2.24) is 4.90 Å². The van der Waals surface area contributed by atoms with Crippen molar-refractivity contribution in [2.24, 2.45) is 0 Å². The second-order valence-electron chi connectivity index (χ2n) is 5.77. The van der Waals surface area contributed by atoms with Gasteiger partial charge in [0.1, 0.15) is 11.1 Å². The molecule has 0 aliphatic heterocycles. The van der Waals surface area contributed by atoms with E-state index in [1.807, 2.05) is 0 Å². The molecule has 104 valence electrons. The van der Waals surface area contributed by atoms with Crippen molar-refractivity contribution in [1.29, 1.82) is 0 Å². The van der Waals surface area contributed by atoms with Gasteiger partial charge >= 0.3 is 12.1 Å². The Morgan fingerprint density at radius 2 is 1.78 bits per heavy atom. The summed E-state index contributed by atoms with van der Waals surface area (Å²) in [4.78, 5) is 25.0. The predicted octanol–water partition coefficient (Wildman–Crippen LogP) is 2.64. The quantitative estimate of drug-likeness (QED) is 0.844. The van der Waals surface area contributed by atoms with Gasteiger partial charge in [0.25, 0.3) is 0 Å². The van der Waals surface area contributed by atoms with Crippen molar-refractivity contribution >= 4 is 12.1 Å². The van der Waals surface area contributed by atoms with Gasteiger partial charge in [0.2, 0.25) is 0 Å². The molecule has 0 aromatic rings. The monoisotopic (exact) mass is 257 g/mol. The predicted molar refractivity (Wildman–Crippen MR) is 67.4 cm³/mol. The summed E-state index contributed by atoms with van der Waals surface area (Å²) < 4.78 is 5.30. The first kappa shape index (κ1) is 14.8. The molecule has 1 N–H and O–H groups in total. The number of hydrogen-bond donors (Lipinski definition) is 1. The lowest BCUT2D eigenvalue weighted by Crippen LogP contribution is -2.56. The van der Waals surface area contributed by atoms with Gasteiger partial charge in [-0.15, -0.1) is 0 Å². The minimum Gasteiger partial charge on any atom is -0.479 e. The van der Waals surface area contributed by atoms with Crippen LogP contribution < -0.4 is 0 Å². The molecule has 0 aromatic carbocycles. The zero-order valence-corrected chi connectivity index (χ0v) is 11.7. The maximum absolute atomic E-state index is 12.1. The molecule has 0 saturated heterocycles. The molecule has 0 aromatic heterocycles. The Morgan fingerprint density at radius 3 is 2.11 bits per heavy atom. The van der Waals surface area contributed by atoms with Crippen molar-refractivity contribution in [2.75, 3.05) is 6.54 Å². The fourth-order valence-corrected chi connectivity index (χ4v) is 2.48. The number of rotatable bonds is 3. The van der Waals surface area contributed by atoms with E-state index >= 15 is 0 Å². The highest BCUT2D eigenvalue weighted by Gasteiger charge is 2.49. The highest BCUT2D eigenvalue weighted by molar-refractivity contribution is 5.84. The van der Waals surface area contributed by atoms with Crippen molar-refractivity contribution in [3.8, 4) is 0 Å². The number of carbonyl (C=O) groups excluding carboxylic acids is 1. The molecule has 1 rings (SSSR count). The first-order valence-corrected chi connectivity index (χ1v) is 6.47. The summed E-state index contributed by atoms with van der Waals surface area (Å²) in [6, 6.07) is 0. The Labute approximate surface area is 108 Å². The minimum atomic E-state index is -1.07. The summed E-state index contributed by atoms with van der Waals surface area (Å²) in [5.41, 5.74) is -1.68. The lowest BCUT2D eigenvalue weighted by Gasteiger charge is -2.37. The third-order valence-corrected chi connectivity index (χ3v) is 3.28. The number of carboxylic acids is 1. The average molecular weight is 257 g/mol. The molecule has 18 heavy (non-hydrogen) atoms. The molecule has 1 aliphatic rings. The van der Waals surface area contributed by atoms with E-state index in [1.54, 1.807) is 27.7 Å². The smallest absolute Gasteiger partial charge is 0.411 e. The fraction of sp³-hybridized carbons (Fsp3) is 0.846. The standard InChI is InChI=1S/C13H23NO4/c1-5-14(11(17)18-12(2,3)4)13(10(15)16)8-6-7-9-13/h5-9H2,1-4H3,(H,15,16). The van der Waals surface area contributed by atoms with Gasteiger partial charge in [-0.3, -0.25) is 4.90 Å². The lowest BCUT2D eigenvalue weighted by molar-refractivity contribution is -0.150. The number of likely N-dealkylation sites (N-methyl/N-ethyl adjacent to an activating group) is 1. The Morgan fingerprint density at radius 1 is 1.28 bits per heavy atom. The third-order valence-electron chi connectivity index (χ3n) is 3.28. The van der Waals surface area contributed by atoms with E-state index in [-0.39, 0.29) is 0 Å². The summed E-state index contributed by atoms with van der Waals surface area (Å²) in [6.45, 7) is 7.47. The maximum atomic E-state index is 12.1. The molecule has 0 atom stereocenters. The molecule has 0 spiro atoms. The lowest BCUT2D eigenvalue weighted by atomic mass is 9.95. The van der Waals surface area contributed by atoms with Gasteiger partial charge in [0.15, 0.2) is 0 Å². The van der Waals surface area contributed by atoms with Crippen LogP contribution in [0.2, 0.25) is 0 Å². The number of aliphatic carboxylic acids is 1. The number of carbonyl (C=O) groups is 2. The third kappa shape index (κ3) is 2.94. The zero-order valence-electron chi connectivity index (χ0n) is 11.7. The van der Waals surface area contributed by atoms with Crippen LogP contribution in [0.3, 0.4) is 0 Å². The van der Waals surface area contributed by atoms with Crippen LogP contribution in [-0.2, 0) is 9.53 Å². The normalized spacial score (nSPS) is 18.4. The Kier molecular flexibility index (Phi) is 4.24. The van der Waals surface area contributed by atoms with Crippen LogP contribution >= 0.6 is 0 Å². The van der Waals surface area contributed by atoms with Gasteiger partial charge in [0, 0.05) is 6.54 Å². The zero-order chi connectivity index (χ0) is 14.0. The largest absolute Gasteiger partial charge is 0.479 e. The van der Waals surface area contributed by atoms with Crippen LogP contribution in [0.25, 0.3) is 0 Å². The van der Waals surface area contributed by atoms with E-state index in [4.69, 9.17) is 4.74 Å². The van der Waals surface area contributed by atoms with Crippen LogP contribution in [0.1, 0.15) is 53.4 Å². The molecule has 0 unspecified atom stereocenters. The minimum absolute atomic E-state index is 0.348. The van der Waals surface area contributed by atoms with E-state index in [1.165, 1.54) is 4.90 Å². The van der Waals surface area contributed by atoms with Gasteiger partial charge < -0.3 is 9.84 Å². The van der Waals surface area contributed by atoms with E-state index in [0.29, 0.717) is 19.4 Å². The summed E-state index contributed by atoms with van der Waals surface area (Å²) in [7, 11) is 0. The number of hydrogen-bond acceptors (Lipinski definition) is 3. The van der Waals surface area contributed by atoms with Crippen LogP contribution in [-0.4, -0.2) is 39.8 Å². The molecular formula is C13H23NO4. The summed E-state index contributed by atoms with van der Waals surface area (Å²) in [5, 5.41) is 9.46. The molecule has 5 heteroatoms. The molecule has 0 heterocycles. The van der Waals surface area contributed by atoms with E-state index in [0.717, 1.165) is 12.8 Å². The van der Waals surface area contributed by atoms with E-state index in [9.17, 15) is 14.7 Å². The number of carboxylic acid groups (broad SMARTS) is 1. The van der Waals surface area contributed by atoms with Crippen molar-refractivity contribution in [2.45, 2.75) is 64.5 Å². The van der Waals surface area contributed by atoms with Crippen LogP contribution in [0.5, 0.6) is 0 Å². The number of amides is 1. The summed E-state index contributed by atoms with van der Waals surface area (Å²) in [6.07, 6.45) is 2.16. The fourth-order valence-electron chi connectivity index (χ4n) is 2.48. The molecule has 1 saturated carbocycles. The van der Waals surface area contributed by atoms with Crippen LogP contribution in [0, 0.1) is 0 Å². The number of ether oxygens (including phenoxy) is 1. The van der Waals surface area contributed by atoms with Crippen molar-refractivity contribution in [3.05, 3.63) is 0 Å². The van der Waals surface area contributed by atoms with Crippen LogP contribution in [0.15, 0.2) is 0 Å². The van der Waals surface area contributed by atoms with Gasteiger partial charge in [-0.1, -0.05) is 12.8 Å². The molecule has 1 fully saturated rings. The molecular weight excluding hydrogens is 234 g/mol. The Balaban J connectivity index is 2.93. The van der Waals surface area contributed by atoms with Crippen molar-refractivity contribution in [3.63, 3.8) is 0 Å². The van der Waals surface area contributed by atoms with Gasteiger partial charge in [-0.05, 0) is 40.5 Å². The second-order valence-corrected chi connectivity index (χ2v) is 5.77. The number of nitrogens with zero attached hydrogens (tertiary/aromatic N) is 1. The molecule has 1 aliphatic carbocycles. The van der Waals surface area contributed by atoms with Gasteiger partial charge in [-0.25, -0.2) is 9.59 Å². The summed E-state index contributed by atoms with van der Waals surface area (Å²) in [5.74, 6) is -0.923. The summed E-state index contributed by atoms with van der Waals surface area (Å²) >= 11 is 0. The Bertz CT molecular complexity index is 326. The first-order valence-electron chi connectivity index (χ1n) is 6.47. The topological polar surface area (TPSA) is 66.8 Å². The molecule has 0 bridgehead atoms. The van der Waals surface area contributed by atoms with Crippen molar-refractivity contribution < 1.29 is 19.4 Å². The van der Waals surface area contributed by atoms with Gasteiger partial charge in [0.05, 0.1) is 0 Å². The molecule has 1 amide bonds. The van der Waals surface area contributed by atoms with E-state index < -0.39 is 23.2 Å². The highest BCUT2D eigenvalue weighted by Crippen LogP contribution is 2.36. The SMILES string of the molecule is CCN(C(=O)OC(C)(C)C)C1(C(=O)O)CCCC1. The first-order chi connectivity index (χ1) is 8.23. The second kappa shape index (κ2) is 5.16. The van der Waals surface area contributed by atoms with Gasteiger partial charge in [-0.2, -0.15) is 0 Å². The highest BCUT2D eigenvalue weighted by atomic mass is 16.6. The maximum Gasteiger partial charge on any atom is 0.411 e. The van der Waals surface area contributed by atoms with Crippen LogP contribution in [0.4, 0.5) is 4.79 Å².